The van der Waals surface area contributed by atoms with Crippen LogP contribution < -0.4 is 24.8 Å². The van der Waals surface area contributed by atoms with Gasteiger partial charge in [-0.25, -0.2) is 5.90 Å². The summed E-state index contributed by atoms with van der Waals surface area (Å²) < 4.78 is 27.9. The Morgan fingerprint density at radius 3 is 1.86 bits per heavy atom. The van der Waals surface area contributed by atoms with Crippen LogP contribution in [-0.2, 0) is 24.7 Å². The highest BCUT2D eigenvalue weighted by atomic mass is 35.5. The first-order chi connectivity index (χ1) is 17.5. The molecule has 0 saturated carbocycles. The number of hydrogen-bond donors (Lipinski definition) is 1. The van der Waals surface area contributed by atoms with E-state index < -0.39 is 0 Å². The molecule has 188 valence electrons. The fourth-order valence-corrected chi connectivity index (χ4v) is 3.92. The Balaban J connectivity index is 1.65. The molecule has 0 fully saturated rings. The van der Waals surface area contributed by atoms with Crippen LogP contribution in [0.4, 0.5) is 0 Å². The van der Waals surface area contributed by atoms with Gasteiger partial charge in [0, 0.05) is 11.6 Å². The Morgan fingerprint density at radius 1 is 0.778 bits per heavy atom. The lowest BCUT2D eigenvalue weighted by Crippen LogP contribution is -2.03. The fraction of sp³-hybridized carbons (Fsp3) is 0.192. The Bertz CT molecular complexity index is 1290. The van der Waals surface area contributed by atoms with Gasteiger partial charge >= 0.3 is 0 Å². The van der Waals surface area contributed by atoms with Crippen LogP contribution >= 0.6 is 23.2 Å². The second-order valence-electron chi connectivity index (χ2n) is 7.64. The van der Waals surface area contributed by atoms with Gasteiger partial charge in [0.25, 0.3) is 0 Å². The second-order valence-corrected chi connectivity index (χ2v) is 8.43. The van der Waals surface area contributed by atoms with E-state index in [1.807, 2.05) is 48.5 Å². The van der Waals surface area contributed by atoms with Crippen molar-refractivity contribution >= 4 is 23.2 Å². The van der Waals surface area contributed by atoms with Gasteiger partial charge in [-0.05, 0) is 41.5 Å². The molecule has 0 atom stereocenters. The zero-order valence-corrected chi connectivity index (χ0v) is 21.1. The minimum absolute atomic E-state index is 0.0578. The number of ether oxygens (including phenoxy) is 4. The first-order valence-electron chi connectivity index (χ1n) is 10.8. The third kappa shape index (κ3) is 6.03. The molecule has 4 aromatic rings. The predicted octanol–water partition coefficient (Wildman–Crippen LogP) is 6.21. The lowest BCUT2D eigenvalue weighted by molar-refractivity contribution is 0.103. The van der Waals surface area contributed by atoms with Crippen molar-refractivity contribution in [3.05, 3.63) is 87.6 Å². The van der Waals surface area contributed by atoms with Crippen LogP contribution in [0.25, 0.3) is 11.3 Å². The smallest absolute Gasteiger partial charge is 0.182 e. The highest BCUT2D eigenvalue weighted by molar-refractivity contribution is 6.37. The van der Waals surface area contributed by atoms with Gasteiger partial charge in [-0.1, -0.05) is 52.6 Å². The first kappa shape index (κ1) is 25.7. The third-order valence-electron chi connectivity index (χ3n) is 5.27. The van der Waals surface area contributed by atoms with Crippen molar-refractivity contribution in [1.29, 1.82) is 0 Å². The number of aromatic nitrogens is 1. The highest BCUT2D eigenvalue weighted by Crippen LogP contribution is 2.47. The summed E-state index contributed by atoms with van der Waals surface area (Å²) in [5.41, 5.74) is 2.77. The summed E-state index contributed by atoms with van der Waals surface area (Å²) >= 11 is 13.5. The monoisotopic (exact) mass is 530 g/mol. The highest BCUT2D eigenvalue weighted by Gasteiger charge is 2.22. The van der Waals surface area contributed by atoms with Gasteiger partial charge in [-0.15, -0.1) is 0 Å². The molecular formula is C26H24Cl2N2O6. The molecule has 10 heteroatoms. The maximum absolute atomic E-state index is 6.80. The van der Waals surface area contributed by atoms with Crippen molar-refractivity contribution in [3.63, 3.8) is 0 Å². The van der Waals surface area contributed by atoms with E-state index >= 15 is 0 Å². The number of nitrogens with two attached hydrogens (primary N) is 1. The van der Waals surface area contributed by atoms with E-state index in [1.54, 1.807) is 26.4 Å². The van der Waals surface area contributed by atoms with E-state index in [0.717, 1.165) is 22.6 Å². The summed E-state index contributed by atoms with van der Waals surface area (Å²) in [4.78, 5) is 4.61. The molecule has 0 bridgehead atoms. The van der Waals surface area contributed by atoms with Gasteiger partial charge in [0.15, 0.2) is 17.3 Å². The summed E-state index contributed by atoms with van der Waals surface area (Å²) in [6, 6.07) is 18.3. The molecule has 2 N–H and O–H groups in total. The quantitative estimate of drug-likeness (QED) is 0.228. The lowest BCUT2D eigenvalue weighted by atomic mass is 10.1. The van der Waals surface area contributed by atoms with Gasteiger partial charge in [0.2, 0.25) is 0 Å². The van der Waals surface area contributed by atoms with Gasteiger partial charge in [0.05, 0.1) is 24.3 Å². The van der Waals surface area contributed by atoms with Crippen LogP contribution in [0.15, 0.2) is 65.2 Å². The maximum atomic E-state index is 6.80. The van der Waals surface area contributed by atoms with Crippen molar-refractivity contribution < 1.29 is 28.3 Å². The fourth-order valence-electron chi connectivity index (χ4n) is 3.38. The SMILES string of the molecule is COc1ccc(COc2c(Cl)cc(-c3cc(CON)on3)c(Cl)c2OCc2ccc(OC)cc2)cc1. The van der Waals surface area contributed by atoms with Gasteiger partial charge in [-0.3, -0.25) is 4.84 Å². The molecule has 1 aromatic heterocycles. The molecule has 0 unspecified atom stereocenters. The van der Waals surface area contributed by atoms with Crippen LogP contribution in [0.5, 0.6) is 23.0 Å². The van der Waals surface area contributed by atoms with Crippen LogP contribution in [0.2, 0.25) is 10.0 Å². The van der Waals surface area contributed by atoms with E-state index in [9.17, 15) is 0 Å². The van der Waals surface area contributed by atoms with Crippen molar-refractivity contribution in [3.8, 4) is 34.3 Å². The number of hydrogen-bond acceptors (Lipinski definition) is 8. The summed E-state index contributed by atoms with van der Waals surface area (Å²) in [6.45, 7) is 0.510. The standard InChI is InChI=1S/C26H24Cl2N2O6/c1-31-18-7-3-16(4-8-18)13-33-25-22(27)12-21(23-11-20(15-35-29)36-30-23)24(28)26(25)34-14-17-5-9-19(32-2)10-6-17/h3-12H,13-15,29H2,1-2H3. The Kier molecular flexibility index (Phi) is 8.56. The third-order valence-corrected chi connectivity index (χ3v) is 5.93. The summed E-state index contributed by atoms with van der Waals surface area (Å²) in [6.07, 6.45) is 0. The molecule has 4 rings (SSSR count). The molecule has 0 aliphatic heterocycles. The number of rotatable bonds is 11. The zero-order valence-electron chi connectivity index (χ0n) is 19.6. The van der Waals surface area contributed by atoms with E-state index in [0.29, 0.717) is 27.8 Å². The normalized spacial score (nSPS) is 10.8. The molecule has 36 heavy (non-hydrogen) atoms. The molecule has 0 radical (unpaired) electrons. The van der Waals surface area contributed by atoms with E-state index in [-0.39, 0.29) is 30.6 Å². The van der Waals surface area contributed by atoms with Gasteiger partial charge in [-0.2, -0.15) is 0 Å². The second kappa shape index (κ2) is 12.0. The summed E-state index contributed by atoms with van der Waals surface area (Å²) in [5, 5.41) is 4.62. The summed E-state index contributed by atoms with van der Waals surface area (Å²) in [5.74, 6) is 7.64. The Morgan fingerprint density at radius 2 is 1.33 bits per heavy atom. The number of halogens is 2. The Hall–Kier alpha value is -3.43. The molecule has 0 saturated heterocycles. The minimum atomic E-state index is 0.0578. The molecule has 0 aliphatic carbocycles. The average Bonchev–Trinajstić information content (AvgIpc) is 3.37. The molecule has 8 nitrogen and oxygen atoms in total. The van der Waals surface area contributed by atoms with Gasteiger partial charge in [0.1, 0.15) is 37.0 Å². The van der Waals surface area contributed by atoms with E-state index in [2.05, 4.69) is 9.99 Å². The van der Waals surface area contributed by atoms with Crippen LogP contribution in [0.1, 0.15) is 16.9 Å². The summed E-state index contributed by atoms with van der Waals surface area (Å²) in [7, 11) is 3.22. The van der Waals surface area contributed by atoms with E-state index in [1.165, 1.54) is 0 Å². The van der Waals surface area contributed by atoms with E-state index in [4.69, 9.17) is 52.6 Å². The predicted molar refractivity (Wildman–Crippen MR) is 136 cm³/mol. The van der Waals surface area contributed by atoms with Crippen LogP contribution in [-0.4, -0.2) is 19.4 Å². The minimum Gasteiger partial charge on any atom is -0.497 e. The average molecular weight is 531 g/mol. The van der Waals surface area contributed by atoms with Gasteiger partial charge < -0.3 is 23.5 Å². The molecule has 0 spiro atoms. The number of benzene rings is 3. The molecule has 0 aliphatic rings. The maximum Gasteiger partial charge on any atom is 0.182 e. The topological polar surface area (TPSA) is 98.2 Å². The molecule has 0 amide bonds. The van der Waals surface area contributed by atoms with Crippen molar-refractivity contribution in [2.24, 2.45) is 5.90 Å². The van der Waals surface area contributed by atoms with Crippen molar-refractivity contribution in [1.82, 2.24) is 5.16 Å². The first-order valence-corrected chi connectivity index (χ1v) is 11.6. The zero-order chi connectivity index (χ0) is 25.5. The van der Waals surface area contributed by atoms with Crippen LogP contribution in [0, 0.1) is 0 Å². The van der Waals surface area contributed by atoms with Crippen molar-refractivity contribution in [2.75, 3.05) is 14.2 Å². The van der Waals surface area contributed by atoms with Crippen molar-refractivity contribution in [2.45, 2.75) is 19.8 Å². The molecular weight excluding hydrogens is 507 g/mol. The van der Waals surface area contributed by atoms with Crippen LogP contribution in [0.3, 0.4) is 0 Å². The number of nitrogens with zero attached hydrogens (tertiary/aromatic N) is 1. The molecule has 3 aromatic carbocycles. The lowest BCUT2D eigenvalue weighted by Gasteiger charge is -2.18. The molecule has 1 heterocycles. The Labute approximate surface area is 218 Å². The largest absolute Gasteiger partial charge is 0.497 e. The number of methoxy groups -OCH3 is 2.